The van der Waals surface area contributed by atoms with Gasteiger partial charge in [-0.05, 0) is 68.0 Å². The highest BCUT2D eigenvalue weighted by Gasteiger charge is 2.36. The van der Waals surface area contributed by atoms with Crippen molar-refractivity contribution < 1.29 is 19.4 Å². The number of phenols is 1. The highest BCUT2D eigenvalue weighted by Crippen LogP contribution is 2.38. The number of rotatable bonds is 4. The molecule has 1 aromatic heterocycles. The molecule has 0 aliphatic carbocycles. The number of carbonyl (C=O) groups is 2. The molecular formula is C22H25N3O4. The summed E-state index contributed by atoms with van der Waals surface area (Å²) in [5.74, 6) is -0.909. The first kappa shape index (κ1) is 19.4. The van der Waals surface area contributed by atoms with Crippen LogP contribution in [-0.2, 0) is 20.7 Å². The van der Waals surface area contributed by atoms with Gasteiger partial charge in [-0.1, -0.05) is 12.1 Å². The maximum absolute atomic E-state index is 12.6. The molecule has 1 aromatic carbocycles. The lowest BCUT2D eigenvalue weighted by atomic mass is 9.83. The molecule has 2 aromatic rings. The number of esters is 1. The van der Waals surface area contributed by atoms with Gasteiger partial charge in [-0.15, -0.1) is 0 Å². The summed E-state index contributed by atoms with van der Waals surface area (Å²) >= 11 is 0. The predicted octanol–water partition coefficient (Wildman–Crippen LogP) is 2.60. The van der Waals surface area contributed by atoms with Crippen LogP contribution in [0, 0.1) is 5.92 Å². The number of amides is 1. The third-order valence-electron chi connectivity index (χ3n) is 5.61. The maximum Gasteiger partial charge on any atom is 0.318 e. The molecular weight excluding hydrogens is 370 g/mol. The fraction of sp³-hybridized carbons (Fsp3) is 0.409. The number of nitrogens with one attached hydrogen (secondary N) is 2. The van der Waals surface area contributed by atoms with E-state index in [1.165, 1.54) is 0 Å². The fourth-order valence-corrected chi connectivity index (χ4v) is 4.15. The van der Waals surface area contributed by atoms with E-state index in [0.29, 0.717) is 17.1 Å². The molecule has 1 saturated heterocycles. The number of anilines is 1. The van der Waals surface area contributed by atoms with E-state index in [1.54, 1.807) is 25.1 Å². The number of hydrogen-bond donors (Lipinski definition) is 3. The van der Waals surface area contributed by atoms with E-state index in [9.17, 15) is 14.7 Å². The second-order valence-corrected chi connectivity index (χ2v) is 7.48. The first-order chi connectivity index (χ1) is 14.1. The van der Waals surface area contributed by atoms with E-state index in [1.807, 2.05) is 12.1 Å². The molecule has 7 heteroatoms. The van der Waals surface area contributed by atoms with E-state index in [0.717, 1.165) is 37.1 Å². The molecule has 0 radical (unpaired) electrons. The van der Waals surface area contributed by atoms with Crippen molar-refractivity contribution in [3.05, 3.63) is 41.5 Å². The van der Waals surface area contributed by atoms with Crippen LogP contribution in [0.25, 0.3) is 11.3 Å². The molecule has 29 heavy (non-hydrogen) atoms. The molecule has 7 nitrogen and oxygen atoms in total. The summed E-state index contributed by atoms with van der Waals surface area (Å²) in [6.07, 6.45) is 2.35. The van der Waals surface area contributed by atoms with Gasteiger partial charge in [-0.3, -0.25) is 9.59 Å². The van der Waals surface area contributed by atoms with Crippen LogP contribution in [-0.4, -0.2) is 41.7 Å². The number of fused-ring (bicyclic) bond motifs is 1. The van der Waals surface area contributed by atoms with Crippen LogP contribution in [0.1, 0.15) is 36.8 Å². The van der Waals surface area contributed by atoms with Crippen LogP contribution in [0.5, 0.6) is 5.75 Å². The van der Waals surface area contributed by atoms with Gasteiger partial charge in [-0.25, -0.2) is 4.98 Å². The molecule has 3 heterocycles. The Bertz CT molecular complexity index is 938. The maximum atomic E-state index is 12.6. The summed E-state index contributed by atoms with van der Waals surface area (Å²) < 4.78 is 5.10. The van der Waals surface area contributed by atoms with Gasteiger partial charge in [-0.2, -0.15) is 0 Å². The number of benzene rings is 1. The van der Waals surface area contributed by atoms with E-state index in [4.69, 9.17) is 4.74 Å². The van der Waals surface area contributed by atoms with Crippen LogP contribution in [0.15, 0.2) is 30.3 Å². The van der Waals surface area contributed by atoms with Crippen LogP contribution in [0.4, 0.5) is 5.82 Å². The normalized spacial score (nSPS) is 21.2. The molecule has 4 rings (SSSR count). The standard InChI is InChI=1S/C22H25N3O4/c1-2-29-22(28)17-10-16-15(13-6-5-9-23-12-13)11-18(24-20(16)25-21(17)27)14-7-3-4-8-19(14)26/h3-4,7-8,11,13,17,23,26H,2,5-6,9-10,12H2,1H3,(H,24,25,27). The Morgan fingerprint density at radius 2 is 2.17 bits per heavy atom. The van der Waals surface area contributed by atoms with Crippen LogP contribution in [0.2, 0.25) is 0 Å². The minimum absolute atomic E-state index is 0.138. The molecule has 3 N–H and O–H groups in total. The summed E-state index contributed by atoms with van der Waals surface area (Å²) in [5, 5.41) is 16.5. The zero-order chi connectivity index (χ0) is 20.4. The highest BCUT2D eigenvalue weighted by molar-refractivity contribution is 6.07. The van der Waals surface area contributed by atoms with Crippen molar-refractivity contribution in [3.8, 4) is 17.0 Å². The van der Waals surface area contributed by atoms with Crippen molar-refractivity contribution in [2.24, 2.45) is 5.92 Å². The third-order valence-corrected chi connectivity index (χ3v) is 5.61. The molecule has 0 bridgehead atoms. The molecule has 2 atom stereocenters. The second kappa shape index (κ2) is 8.21. The Kier molecular flexibility index (Phi) is 5.49. The molecule has 1 amide bonds. The monoisotopic (exact) mass is 395 g/mol. The Hall–Kier alpha value is -2.93. The largest absolute Gasteiger partial charge is 0.507 e. The topological polar surface area (TPSA) is 101 Å². The number of phenolic OH excluding ortho intramolecular Hbond substituents is 1. The van der Waals surface area contributed by atoms with Gasteiger partial charge in [0.15, 0.2) is 0 Å². The van der Waals surface area contributed by atoms with Gasteiger partial charge >= 0.3 is 5.97 Å². The van der Waals surface area contributed by atoms with Crippen molar-refractivity contribution >= 4 is 17.7 Å². The zero-order valence-electron chi connectivity index (χ0n) is 16.4. The second-order valence-electron chi connectivity index (χ2n) is 7.48. The van der Waals surface area contributed by atoms with Gasteiger partial charge < -0.3 is 20.5 Å². The third kappa shape index (κ3) is 3.82. The average Bonchev–Trinajstić information content (AvgIpc) is 2.73. The average molecular weight is 395 g/mol. The first-order valence-electron chi connectivity index (χ1n) is 10.1. The van der Waals surface area contributed by atoms with E-state index in [2.05, 4.69) is 15.6 Å². The van der Waals surface area contributed by atoms with E-state index < -0.39 is 17.8 Å². The number of nitrogens with zero attached hydrogens (tertiary/aromatic N) is 1. The number of hydrogen-bond acceptors (Lipinski definition) is 6. The van der Waals surface area contributed by atoms with Gasteiger partial charge in [0.25, 0.3) is 0 Å². The van der Waals surface area contributed by atoms with Crippen LogP contribution >= 0.6 is 0 Å². The van der Waals surface area contributed by atoms with Crippen molar-refractivity contribution in [2.45, 2.75) is 32.1 Å². The van der Waals surface area contributed by atoms with Gasteiger partial charge in [0, 0.05) is 12.1 Å². The Labute approximate surface area is 169 Å². The Morgan fingerprint density at radius 1 is 1.34 bits per heavy atom. The van der Waals surface area contributed by atoms with Crippen molar-refractivity contribution in [1.82, 2.24) is 10.3 Å². The minimum atomic E-state index is -0.865. The summed E-state index contributed by atoms with van der Waals surface area (Å²) in [7, 11) is 0. The summed E-state index contributed by atoms with van der Waals surface area (Å²) in [5.41, 5.74) is 3.17. The van der Waals surface area contributed by atoms with Crippen LogP contribution < -0.4 is 10.6 Å². The van der Waals surface area contributed by atoms with Crippen molar-refractivity contribution in [2.75, 3.05) is 25.0 Å². The lowest BCUT2D eigenvalue weighted by Gasteiger charge is -2.30. The molecule has 1 fully saturated rings. The number of aromatic nitrogens is 1. The SMILES string of the molecule is CCOC(=O)C1Cc2c(C3CCCNC3)cc(-c3ccccc3O)nc2NC1=O. The number of para-hydroxylation sites is 1. The Balaban J connectivity index is 1.80. The summed E-state index contributed by atoms with van der Waals surface area (Å²) in [4.78, 5) is 29.5. The van der Waals surface area contributed by atoms with Gasteiger partial charge in [0.1, 0.15) is 17.5 Å². The minimum Gasteiger partial charge on any atom is -0.507 e. The predicted molar refractivity (Wildman–Crippen MR) is 109 cm³/mol. The highest BCUT2D eigenvalue weighted by atomic mass is 16.5. The van der Waals surface area contributed by atoms with Gasteiger partial charge in [0.2, 0.25) is 5.91 Å². The van der Waals surface area contributed by atoms with Gasteiger partial charge in [0.05, 0.1) is 12.3 Å². The molecule has 2 aliphatic heterocycles. The fourth-order valence-electron chi connectivity index (χ4n) is 4.15. The molecule has 0 spiro atoms. The van der Waals surface area contributed by atoms with Crippen LogP contribution in [0.3, 0.4) is 0 Å². The molecule has 2 unspecified atom stereocenters. The molecule has 152 valence electrons. The molecule has 2 aliphatic rings. The lowest BCUT2D eigenvalue weighted by molar-refractivity contribution is -0.151. The number of ether oxygens (including phenoxy) is 1. The van der Waals surface area contributed by atoms with E-state index >= 15 is 0 Å². The Morgan fingerprint density at radius 3 is 2.90 bits per heavy atom. The number of piperidine rings is 1. The molecule has 0 saturated carbocycles. The van der Waals surface area contributed by atoms with Crippen molar-refractivity contribution in [1.29, 1.82) is 0 Å². The summed E-state index contributed by atoms with van der Waals surface area (Å²) in [6, 6.07) is 9.01. The van der Waals surface area contributed by atoms with Crippen molar-refractivity contribution in [3.63, 3.8) is 0 Å². The zero-order valence-corrected chi connectivity index (χ0v) is 16.4. The quantitative estimate of drug-likeness (QED) is 0.543. The smallest absolute Gasteiger partial charge is 0.318 e. The number of carbonyl (C=O) groups excluding carboxylic acids is 2. The lowest BCUT2D eigenvalue weighted by Crippen LogP contribution is -2.38. The summed E-state index contributed by atoms with van der Waals surface area (Å²) in [6.45, 7) is 3.78. The number of pyridine rings is 1. The van der Waals surface area contributed by atoms with E-state index in [-0.39, 0.29) is 24.7 Å². The first-order valence-corrected chi connectivity index (χ1v) is 10.1. The number of aromatic hydroxyl groups is 1.